The van der Waals surface area contributed by atoms with Crippen molar-refractivity contribution in [2.75, 3.05) is 0 Å². The minimum atomic E-state index is -0.527. The second kappa shape index (κ2) is 16.3. The lowest BCUT2D eigenvalue weighted by atomic mass is 9.53. The summed E-state index contributed by atoms with van der Waals surface area (Å²) in [6.45, 7) is 43.8. The zero-order valence-electron chi connectivity index (χ0n) is 50.3. The summed E-state index contributed by atoms with van der Waals surface area (Å²) in [5, 5.41) is 4.77. The van der Waals surface area contributed by atoms with Crippen molar-refractivity contribution in [1.29, 1.82) is 0 Å². The zero-order valence-corrected chi connectivity index (χ0v) is 50.3. The van der Waals surface area contributed by atoms with Crippen LogP contribution >= 0.6 is 0 Å². The minimum Gasteiger partial charge on any atom is -0.399 e. The van der Waals surface area contributed by atoms with Gasteiger partial charge in [0.2, 0.25) is 0 Å². The van der Waals surface area contributed by atoms with E-state index in [1.807, 2.05) is 0 Å². The van der Waals surface area contributed by atoms with Crippen molar-refractivity contribution in [2.24, 2.45) is 0 Å². The summed E-state index contributed by atoms with van der Waals surface area (Å²) in [4.78, 5) is 0. The zero-order chi connectivity index (χ0) is 55.8. The largest absolute Gasteiger partial charge is 0.494 e. The monoisotopic (exact) mass is 1040 g/mol. The van der Waals surface area contributed by atoms with Gasteiger partial charge in [0.15, 0.2) is 0 Å². The molecule has 8 nitrogen and oxygen atoms in total. The highest BCUT2D eigenvalue weighted by Gasteiger charge is 2.57. The maximum absolute atomic E-state index is 6.83. The van der Waals surface area contributed by atoms with Gasteiger partial charge in [-0.1, -0.05) is 76.2 Å². The second-order valence-corrected chi connectivity index (χ2v) is 28.3. The summed E-state index contributed by atoms with van der Waals surface area (Å²) in [6, 6.07) is 29.1. The minimum absolute atomic E-state index is 0.293. The molecule has 4 saturated heterocycles. The van der Waals surface area contributed by atoms with E-state index in [4.69, 9.17) is 37.2 Å². The Hall–Kier alpha value is -4.22. The second-order valence-electron chi connectivity index (χ2n) is 28.3. The highest BCUT2D eigenvalue weighted by molar-refractivity contribution is 6.65. The van der Waals surface area contributed by atoms with Crippen LogP contribution in [0.3, 0.4) is 0 Å². The molecule has 0 bridgehead atoms. The summed E-state index contributed by atoms with van der Waals surface area (Å²) in [5.74, 6) is 0. The van der Waals surface area contributed by atoms with Crippen LogP contribution in [0.15, 0.2) is 72.8 Å². The van der Waals surface area contributed by atoms with Crippen molar-refractivity contribution in [2.45, 2.75) is 220 Å². The maximum atomic E-state index is 6.83. The molecule has 12 heteroatoms. The first kappa shape index (κ1) is 53.1. The van der Waals surface area contributed by atoms with E-state index >= 15 is 0 Å². The molecule has 6 aromatic carbocycles. The van der Waals surface area contributed by atoms with E-state index < -0.39 is 73.3 Å². The lowest BCUT2D eigenvalue weighted by Gasteiger charge is -2.50. The SMILES string of the molecule is CCC1(CC)c2cc3c(cc2C(CC)(CC)c2cc4c(cc21)-c1cc(B2OC(C)(C)C(C)(C)O2)cc2cc(B5OC(C)(C)C(C)(C)O5)cc-4c12)-c1cc(B2OC(C)(C)C(C)(C)O2)cc2cc(B4OC(C)(C)C(C)(C)O4)cc-3c12. The van der Waals surface area contributed by atoms with E-state index in [0.717, 1.165) is 58.3 Å². The number of fused-ring (bicyclic) bond motifs is 8. The summed E-state index contributed by atoms with van der Waals surface area (Å²) < 4.78 is 54.6. The van der Waals surface area contributed by atoms with Gasteiger partial charge in [-0.25, -0.2) is 0 Å². The van der Waals surface area contributed by atoms with Gasteiger partial charge >= 0.3 is 28.5 Å². The first-order valence-electron chi connectivity index (χ1n) is 29.3. The van der Waals surface area contributed by atoms with Gasteiger partial charge < -0.3 is 37.2 Å². The molecule has 7 aliphatic rings. The summed E-state index contributed by atoms with van der Waals surface area (Å²) >= 11 is 0. The van der Waals surface area contributed by atoms with E-state index in [-0.39, 0.29) is 10.8 Å². The fraction of sp³-hybridized carbons (Fsp3) is 0.515. The molecule has 0 N–H and O–H groups in total. The standard InChI is InChI=1S/C66H80B4O8/c1-21-65(22-2)51-33-43-45(49-31-41(69-75-61(13,14)62(15,16)76-69)27-37-25-39(29-47(43)55(37)49)67-71-57(5,6)58(7,8)72-67)35-53(51)66(23-3,24-4)54-36-46-44(34-52(54)65)48-30-40(68-73-59(9,10)60(11,12)74-68)26-38-28-42(32-50(46)56(38)48)70-77-63(17,18)64(19,20)78-70/h25-36H,21-24H2,1-20H3. The molecule has 0 aromatic heterocycles. The van der Waals surface area contributed by atoms with Crippen LogP contribution in [0.2, 0.25) is 0 Å². The van der Waals surface area contributed by atoms with Crippen molar-refractivity contribution >= 4 is 71.9 Å². The molecule has 13 rings (SSSR count). The highest BCUT2D eigenvalue weighted by Crippen LogP contribution is 2.62. The van der Waals surface area contributed by atoms with Crippen molar-refractivity contribution < 1.29 is 37.2 Å². The van der Waals surface area contributed by atoms with E-state index in [2.05, 4.69) is 211 Å². The van der Waals surface area contributed by atoms with Crippen LogP contribution in [0.5, 0.6) is 0 Å². The molecule has 0 unspecified atom stereocenters. The Balaban J connectivity index is 1.04. The van der Waals surface area contributed by atoms with Crippen LogP contribution in [0.25, 0.3) is 66.1 Å². The molecular formula is C66H80B4O8. The third-order valence-corrected chi connectivity index (χ3v) is 22.2. The summed E-state index contributed by atoms with van der Waals surface area (Å²) in [6.07, 6.45) is 3.76. The third-order valence-electron chi connectivity index (χ3n) is 22.2. The van der Waals surface area contributed by atoms with Gasteiger partial charge in [0.25, 0.3) is 0 Å². The van der Waals surface area contributed by atoms with Gasteiger partial charge in [0, 0.05) is 10.8 Å². The van der Waals surface area contributed by atoms with Crippen molar-refractivity contribution in [3.8, 4) is 44.5 Å². The van der Waals surface area contributed by atoms with Gasteiger partial charge in [-0.05, 0) is 271 Å². The fourth-order valence-corrected chi connectivity index (χ4v) is 14.4. The van der Waals surface area contributed by atoms with Crippen LogP contribution in [0.1, 0.15) is 186 Å². The Labute approximate surface area is 466 Å². The first-order valence-corrected chi connectivity index (χ1v) is 29.3. The van der Waals surface area contributed by atoms with E-state index in [0.29, 0.717) is 0 Å². The quantitative estimate of drug-likeness (QED) is 0.139. The van der Waals surface area contributed by atoms with Crippen LogP contribution in [0.4, 0.5) is 0 Å². The molecule has 404 valence electrons. The summed E-state index contributed by atoms with van der Waals surface area (Å²) in [7, 11) is -2.11. The highest BCUT2D eigenvalue weighted by atomic mass is 16.7. The van der Waals surface area contributed by atoms with Crippen LogP contribution < -0.4 is 21.9 Å². The number of hydrogen-bond donors (Lipinski definition) is 0. The molecule has 4 aliphatic heterocycles. The van der Waals surface area contributed by atoms with Gasteiger partial charge in [0.1, 0.15) is 0 Å². The van der Waals surface area contributed by atoms with Gasteiger partial charge in [0.05, 0.1) is 44.8 Å². The Morgan fingerprint density at radius 2 is 0.436 bits per heavy atom. The average Bonchev–Trinajstić information content (AvgIpc) is 3.91. The van der Waals surface area contributed by atoms with Crippen LogP contribution in [-0.4, -0.2) is 73.3 Å². The van der Waals surface area contributed by atoms with Crippen LogP contribution in [0, 0.1) is 0 Å². The van der Waals surface area contributed by atoms with Crippen LogP contribution in [-0.2, 0) is 48.1 Å². The molecule has 78 heavy (non-hydrogen) atoms. The number of rotatable bonds is 8. The predicted octanol–water partition coefficient (Wildman–Crippen LogP) is 13.0. The molecule has 4 fully saturated rings. The average molecular weight is 1040 g/mol. The van der Waals surface area contributed by atoms with E-state index in [9.17, 15) is 0 Å². The lowest BCUT2D eigenvalue weighted by Crippen LogP contribution is -2.42. The van der Waals surface area contributed by atoms with E-state index in [1.165, 1.54) is 77.5 Å². The lowest BCUT2D eigenvalue weighted by molar-refractivity contribution is 0.00578. The molecule has 4 heterocycles. The van der Waals surface area contributed by atoms with Gasteiger partial charge in [-0.15, -0.1) is 0 Å². The molecule has 0 spiro atoms. The normalized spacial score (nSPS) is 23.8. The molecule has 0 saturated carbocycles. The Morgan fingerprint density at radius 3 is 0.603 bits per heavy atom. The van der Waals surface area contributed by atoms with Crippen molar-refractivity contribution in [3.63, 3.8) is 0 Å². The third kappa shape index (κ3) is 6.93. The van der Waals surface area contributed by atoms with Crippen molar-refractivity contribution in [3.05, 3.63) is 95.1 Å². The number of benzene rings is 6. The van der Waals surface area contributed by atoms with Gasteiger partial charge in [-0.2, -0.15) is 0 Å². The van der Waals surface area contributed by atoms with Gasteiger partial charge in [-0.3, -0.25) is 0 Å². The summed E-state index contributed by atoms with van der Waals surface area (Å²) in [5.41, 5.74) is 15.2. The molecule has 0 atom stereocenters. The van der Waals surface area contributed by atoms with E-state index in [1.54, 1.807) is 0 Å². The number of hydrogen-bond acceptors (Lipinski definition) is 8. The first-order chi connectivity index (χ1) is 36.3. The Kier molecular flexibility index (Phi) is 11.1. The smallest absolute Gasteiger partial charge is 0.399 e. The molecule has 6 aromatic rings. The molecular weight excluding hydrogens is 964 g/mol. The predicted molar refractivity (Wildman–Crippen MR) is 322 cm³/mol. The topological polar surface area (TPSA) is 73.8 Å². The maximum Gasteiger partial charge on any atom is 0.494 e. The Bertz CT molecular complexity index is 3080. The molecule has 3 aliphatic carbocycles. The fourth-order valence-electron chi connectivity index (χ4n) is 14.4. The molecule has 0 radical (unpaired) electrons. The Morgan fingerprint density at radius 1 is 0.256 bits per heavy atom. The van der Waals surface area contributed by atoms with Crippen molar-refractivity contribution in [1.82, 2.24) is 0 Å². The molecule has 0 amide bonds.